The van der Waals surface area contributed by atoms with Crippen molar-refractivity contribution in [1.82, 2.24) is 5.32 Å². The molecular weight excluding hydrogens is 264 g/mol. The minimum atomic E-state index is -0.242. The fourth-order valence-electron chi connectivity index (χ4n) is 1.24. The molecule has 0 radical (unpaired) electrons. The zero-order valence-electron chi connectivity index (χ0n) is 8.83. The summed E-state index contributed by atoms with van der Waals surface area (Å²) in [6.07, 6.45) is 1.66. The predicted molar refractivity (Wildman–Crippen MR) is 72.3 cm³/mol. The van der Waals surface area contributed by atoms with Crippen LogP contribution >= 0.6 is 35.2 Å². The van der Waals surface area contributed by atoms with E-state index in [1.54, 1.807) is 12.1 Å². The Morgan fingerprint density at radius 3 is 2.81 bits per heavy atom. The van der Waals surface area contributed by atoms with Gasteiger partial charge in [0.1, 0.15) is 0 Å². The summed E-state index contributed by atoms with van der Waals surface area (Å²) in [6, 6.07) is 3.13. The van der Waals surface area contributed by atoms with Gasteiger partial charge < -0.3 is 11.1 Å². The fourth-order valence-corrected chi connectivity index (χ4v) is 2.36. The van der Waals surface area contributed by atoms with Crippen LogP contribution in [0.15, 0.2) is 12.1 Å². The number of thiophene rings is 1. The number of halogens is 1. The number of nitrogens with two attached hydrogens (primary N) is 1. The van der Waals surface area contributed by atoms with Crippen LogP contribution in [0.2, 0.25) is 4.34 Å². The molecule has 1 aromatic rings. The Kier molecular flexibility index (Phi) is 5.18. The summed E-state index contributed by atoms with van der Waals surface area (Å²) >= 11 is 11.9. The minimum Gasteiger partial charge on any atom is -0.392 e. The van der Waals surface area contributed by atoms with E-state index in [0.717, 1.165) is 12.8 Å². The molecule has 0 spiro atoms. The zero-order valence-corrected chi connectivity index (χ0v) is 11.2. The number of hydrogen-bond donors (Lipinski definition) is 2. The maximum atomic E-state index is 11.8. The maximum absolute atomic E-state index is 11.8. The van der Waals surface area contributed by atoms with Crippen molar-refractivity contribution in [3.8, 4) is 0 Å². The average Bonchev–Trinajstić information content (AvgIpc) is 2.64. The standard InChI is InChI=1S/C10H13ClN2OS2/c1-2-3-6(9(12)15)13-10(14)7-4-5-8(11)16-7/h4-6H,2-3H2,1H3,(H2,12,15)(H,13,14). The number of carbonyl (C=O) groups excluding carboxylic acids is 1. The molecule has 0 saturated carbocycles. The smallest absolute Gasteiger partial charge is 0.261 e. The first-order valence-corrected chi connectivity index (χ1v) is 6.50. The van der Waals surface area contributed by atoms with Gasteiger partial charge in [0.15, 0.2) is 0 Å². The number of hydrogen-bond acceptors (Lipinski definition) is 3. The van der Waals surface area contributed by atoms with Gasteiger partial charge in [-0.25, -0.2) is 0 Å². The van der Waals surface area contributed by atoms with E-state index in [1.165, 1.54) is 11.3 Å². The molecule has 0 aliphatic rings. The van der Waals surface area contributed by atoms with Crippen LogP contribution in [0, 0.1) is 0 Å². The van der Waals surface area contributed by atoms with Crippen molar-refractivity contribution < 1.29 is 4.79 Å². The second kappa shape index (κ2) is 6.18. The molecule has 1 amide bonds. The molecule has 1 unspecified atom stereocenters. The predicted octanol–water partition coefficient (Wildman–Crippen LogP) is 2.59. The molecular formula is C10H13ClN2OS2. The largest absolute Gasteiger partial charge is 0.392 e. The van der Waals surface area contributed by atoms with Crippen molar-refractivity contribution in [1.29, 1.82) is 0 Å². The zero-order chi connectivity index (χ0) is 12.1. The Hall–Kier alpha value is -0.650. The van der Waals surface area contributed by atoms with Gasteiger partial charge in [-0.2, -0.15) is 0 Å². The van der Waals surface area contributed by atoms with Crippen molar-refractivity contribution >= 4 is 46.1 Å². The van der Waals surface area contributed by atoms with Crippen molar-refractivity contribution in [3.63, 3.8) is 0 Å². The molecule has 0 aliphatic carbocycles. The first kappa shape index (κ1) is 13.4. The first-order valence-electron chi connectivity index (χ1n) is 4.90. The quantitative estimate of drug-likeness (QED) is 0.813. The molecule has 0 aliphatic heterocycles. The summed E-state index contributed by atoms with van der Waals surface area (Å²) in [5.41, 5.74) is 5.55. The van der Waals surface area contributed by atoms with Gasteiger partial charge >= 0.3 is 0 Å². The molecule has 1 aromatic heterocycles. The van der Waals surface area contributed by atoms with Crippen molar-refractivity contribution in [3.05, 3.63) is 21.3 Å². The van der Waals surface area contributed by atoms with Crippen LogP contribution < -0.4 is 11.1 Å². The van der Waals surface area contributed by atoms with Gasteiger partial charge in [0.25, 0.3) is 5.91 Å². The van der Waals surface area contributed by atoms with Gasteiger partial charge in [-0.05, 0) is 18.6 Å². The van der Waals surface area contributed by atoms with Gasteiger partial charge in [-0.15, -0.1) is 11.3 Å². The molecule has 88 valence electrons. The lowest BCUT2D eigenvalue weighted by Gasteiger charge is -2.15. The molecule has 3 N–H and O–H groups in total. The summed E-state index contributed by atoms with van der Waals surface area (Å²) in [4.78, 5) is 12.7. The molecule has 0 fully saturated rings. The monoisotopic (exact) mass is 276 g/mol. The fraction of sp³-hybridized carbons (Fsp3) is 0.400. The van der Waals surface area contributed by atoms with Gasteiger partial charge in [0.2, 0.25) is 0 Å². The Bertz CT molecular complexity index is 392. The van der Waals surface area contributed by atoms with Gasteiger partial charge in [-0.3, -0.25) is 4.79 Å². The van der Waals surface area contributed by atoms with Crippen molar-refractivity contribution in [2.24, 2.45) is 5.73 Å². The summed E-state index contributed by atoms with van der Waals surface area (Å²) in [7, 11) is 0. The second-order valence-electron chi connectivity index (χ2n) is 3.32. The lowest BCUT2D eigenvalue weighted by atomic mass is 10.1. The van der Waals surface area contributed by atoms with Crippen molar-refractivity contribution in [2.45, 2.75) is 25.8 Å². The number of rotatable bonds is 5. The Morgan fingerprint density at radius 2 is 2.38 bits per heavy atom. The first-order chi connectivity index (χ1) is 7.54. The number of nitrogens with one attached hydrogen (secondary N) is 1. The summed E-state index contributed by atoms with van der Waals surface area (Å²) in [5.74, 6) is -0.178. The minimum absolute atomic E-state index is 0.178. The highest BCUT2D eigenvalue weighted by atomic mass is 35.5. The molecule has 0 saturated heterocycles. The molecule has 0 aromatic carbocycles. The highest BCUT2D eigenvalue weighted by molar-refractivity contribution is 7.80. The third-order valence-corrected chi connectivity index (χ3v) is 3.54. The second-order valence-corrected chi connectivity index (χ2v) is 5.51. The number of amides is 1. The van der Waals surface area contributed by atoms with Gasteiger partial charge in [0.05, 0.1) is 20.2 Å². The van der Waals surface area contributed by atoms with E-state index in [-0.39, 0.29) is 11.9 Å². The van der Waals surface area contributed by atoms with Crippen LogP contribution in [0.5, 0.6) is 0 Å². The lowest BCUT2D eigenvalue weighted by molar-refractivity contribution is 0.0950. The molecule has 1 atom stereocenters. The third kappa shape index (κ3) is 3.73. The van der Waals surface area contributed by atoms with E-state index in [1.807, 2.05) is 6.92 Å². The topological polar surface area (TPSA) is 55.1 Å². The highest BCUT2D eigenvalue weighted by Gasteiger charge is 2.16. The molecule has 1 heterocycles. The van der Waals surface area contributed by atoms with E-state index in [9.17, 15) is 4.79 Å². The maximum Gasteiger partial charge on any atom is 0.261 e. The van der Waals surface area contributed by atoms with Crippen molar-refractivity contribution in [2.75, 3.05) is 0 Å². The van der Waals surface area contributed by atoms with Crippen LogP contribution in [0.4, 0.5) is 0 Å². The van der Waals surface area contributed by atoms with E-state index in [4.69, 9.17) is 29.6 Å². The van der Waals surface area contributed by atoms with Crippen LogP contribution in [0.3, 0.4) is 0 Å². The van der Waals surface area contributed by atoms with E-state index in [2.05, 4.69) is 5.32 Å². The molecule has 1 rings (SSSR count). The van der Waals surface area contributed by atoms with Gasteiger partial charge in [-0.1, -0.05) is 37.2 Å². The Labute approximate surface area is 109 Å². The Morgan fingerprint density at radius 1 is 1.69 bits per heavy atom. The molecule has 3 nitrogen and oxygen atoms in total. The third-order valence-electron chi connectivity index (χ3n) is 2.02. The van der Waals surface area contributed by atoms with Gasteiger partial charge in [0, 0.05) is 0 Å². The number of carbonyl (C=O) groups is 1. The molecule has 0 bridgehead atoms. The SMILES string of the molecule is CCCC(NC(=O)c1ccc(Cl)s1)C(N)=S. The van der Waals surface area contributed by atoms with Crippen LogP contribution in [0.1, 0.15) is 29.4 Å². The molecule has 16 heavy (non-hydrogen) atoms. The summed E-state index contributed by atoms with van der Waals surface area (Å²) < 4.78 is 0.590. The van der Waals surface area contributed by atoms with E-state index < -0.39 is 0 Å². The summed E-state index contributed by atoms with van der Waals surface area (Å²) in [5, 5.41) is 2.79. The summed E-state index contributed by atoms with van der Waals surface area (Å²) in [6.45, 7) is 2.01. The normalized spacial score (nSPS) is 12.1. The average molecular weight is 277 g/mol. The van der Waals surface area contributed by atoms with E-state index >= 15 is 0 Å². The van der Waals surface area contributed by atoms with E-state index in [0.29, 0.717) is 14.2 Å². The van der Waals surface area contributed by atoms with Crippen LogP contribution in [0.25, 0.3) is 0 Å². The lowest BCUT2D eigenvalue weighted by Crippen LogP contribution is -2.43. The number of thiocarbonyl (C=S) groups is 1. The van der Waals surface area contributed by atoms with Crippen LogP contribution in [-0.4, -0.2) is 16.9 Å². The van der Waals surface area contributed by atoms with Crippen LogP contribution in [-0.2, 0) is 0 Å². The Balaban J connectivity index is 2.65. The molecule has 6 heteroatoms. The highest BCUT2D eigenvalue weighted by Crippen LogP contribution is 2.21.